The van der Waals surface area contributed by atoms with Gasteiger partial charge in [-0.2, -0.15) is 0 Å². The highest BCUT2D eigenvalue weighted by atomic mass is 35.5. The number of amides is 1. The Morgan fingerprint density at radius 3 is 2.82 bits per heavy atom. The van der Waals surface area contributed by atoms with E-state index < -0.39 is 12.1 Å². The van der Waals surface area contributed by atoms with Gasteiger partial charge in [0.15, 0.2) is 0 Å². The summed E-state index contributed by atoms with van der Waals surface area (Å²) in [7, 11) is 1.49. The van der Waals surface area contributed by atoms with Crippen molar-refractivity contribution >= 4 is 17.5 Å². The molecule has 1 amide bonds. The lowest BCUT2D eigenvalue weighted by molar-refractivity contribution is 0.0855. The third-order valence-corrected chi connectivity index (χ3v) is 4.23. The number of carbonyl (C=O) groups is 1. The number of hydrogen-bond donors (Lipinski definition) is 2. The molecule has 2 aromatic rings. The number of ether oxygens (including phenoxy) is 1. The van der Waals surface area contributed by atoms with Gasteiger partial charge in [-0.1, -0.05) is 41.9 Å². The lowest BCUT2D eigenvalue weighted by Crippen LogP contribution is -2.34. The van der Waals surface area contributed by atoms with Crippen molar-refractivity contribution in [3.05, 3.63) is 64.2 Å². The van der Waals surface area contributed by atoms with Crippen LogP contribution in [0.5, 0.6) is 5.75 Å². The molecule has 0 aliphatic heterocycles. The fraction of sp³-hybridized carbons (Fsp3) is 0.235. The van der Waals surface area contributed by atoms with E-state index in [1.54, 1.807) is 18.2 Å². The number of aliphatic hydroxyl groups excluding tert-OH is 1. The Kier molecular flexibility index (Phi) is 4.05. The van der Waals surface area contributed by atoms with E-state index in [0.29, 0.717) is 17.2 Å². The van der Waals surface area contributed by atoms with Crippen LogP contribution in [0.3, 0.4) is 0 Å². The van der Waals surface area contributed by atoms with Gasteiger partial charge >= 0.3 is 0 Å². The Bertz CT molecular complexity index is 717. The zero-order valence-corrected chi connectivity index (χ0v) is 12.8. The molecule has 2 aromatic carbocycles. The molecule has 2 atom stereocenters. The summed E-state index contributed by atoms with van der Waals surface area (Å²) in [6, 6.07) is 12.3. The van der Waals surface area contributed by atoms with Gasteiger partial charge in [-0.15, -0.1) is 0 Å². The molecule has 0 saturated heterocycles. The summed E-state index contributed by atoms with van der Waals surface area (Å²) < 4.78 is 5.20. The molecule has 1 aliphatic carbocycles. The first-order valence-electron chi connectivity index (χ1n) is 7.01. The Morgan fingerprint density at radius 2 is 2.05 bits per heavy atom. The lowest BCUT2D eigenvalue weighted by atomic mass is 10.1. The number of fused-ring (bicyclic) bond motifs is 1. The second-order valence-corrected chi connectivity index (χ2v) is 5.65. The fourth-order valence-corrected chi connectivity index (χ4v) is 3.11. The number of rotatable bonds is 3. The molecule has 3 rings (SSSR count). The van der Waals surface area contributed by atoms with Gasteiger partial charge in [0.25, 0.3) is 5.91 Å². The summed E-state index contributed by atoms with van der Waals surface area (Å²) >= 11 is 6.12. The monoisotopic (exact) mass is 317 g/mol. The Labute approximate surface area is 133 Å². The van der Waals surface area contributed by atoms with E-state index in [-0.39, 0.29) is 11.5 Å². The second-order valence-electron chi connectivity index (χ2n) is 5.24. The molecular formula is C17H16ClNO3. The standard InChI is InChI=1S/C17H16ClNO3/c1-22-14-8-4-7-12(18)15(14)17(21)19-16-11-6-3-2-5-10(11)9-13(16)20/h2-8,13,16,20H,9H2,1H3,(H,19,21)/t13-,16+/m0/s1. The first-order valence-corrected chi connectivity index (χ1v) is 7.39. The molecule has 2 N–H and O–H groups in total. The van der Waals surface area contributed by atoms with E-state index in [9.17, 15) is 9.90 Å². The highest BCUT2D eigenvalue weighted by molar-refractivity contribution is 6.34. The van der Waals surface area contributed by atoms with Crippen molar-refractivity contribution in [3.8, 4) is 5.75 Å². The molecule has 0 unspecified atom stereocenters. The third kappa shape index (κ3) is 2.56. The normalized spacial score (nSPS) is 19.6. The summed E-state index contributed by atoms with van der Waals surface area (Å²) in [5.74, 6) is 0.0500. The van der Waals surface area contributed by atoms with Gasteiger partial charge in [-0.3, -0.25) is 4.79 Å². The maximum Gasteiger partial charge on any atom is 0.257 e. The van der Waals surface area contributed by atoms with Gasteiger partial charge in [0, 0.05) is 6.42 Å². The average Bonchev–Trinajstić information content (AvgIpc) is 2.83. The molecule has 114 valence electrons. The molecule has 1 aliphatic rings. The number of benzene rings is 2. The fourth-order valence-electron chi connectivity index (χ4n) is 2.86. The average molecular weight is 318 g/mol. The quantitative estimate of drug-likeness (QED) is 0.915. The summed E-state index contributed by atoms with van der Waals surface area (Å²) in [6.45, 7) is 0. The second kappa shape index (κ2) is 5.99. The van der Waals surface area contributed by atoms with Gasteiger partial charge in [0.05, 0.1) is 29.8 Å². The SMILES string of the molecule is COc1cccc(Cl)c1C(=O)N[C@@H]1c2ccccc2C[C@@H]1O. The maximum atomic E-state index is 12.6. The predicted molar refractivity (Wildman–Crippen MR) is 84.4 cm³/mol. The van der Waals surface area contributed by atoms with Crippen LogP contribution in [0.4, 0.5) is 0 Å². The molecular weight excluding hydrogens is 302 g/mol. The van der Waals surface area contributed by atoms with Gasteiger partial charge < -0.3 is 15.2 Å². The molecule has 0 fully saturated rings. The third-order valence-electron chi connectivity index (χ3n) is 3.91. The molecule has 0 spiro atoms. The van der Waals surface area contributed by atoms with Crippen molar-refractivity contribution in [1.29, 1.82) is 0 Å². The van der Waals surface area contributed by atoms with Crippen molar-refractivity contribution in [1.82, 2.24) is 5.32 Å². The van der Waals surface area contributed by atoms with E-state index >= 15 is 0 Å². The van der Waals surface area contributed by atoms with E-state index in [2.05, 4.69) is 5.32 Å². The molecule has 4 nitrogen and oxygen atoms in total. The summed E-state index contributed by atoms with van der Waals surface area (Å²) in [5, 5.41) is 13.4. The number of methoxy groups -OCH3 is 1. The molecule has 5 heteroatoms. The van der Waals surface area contributed by atoms with Crippen LogP contribution in [0.2, 0.25) is 5.02 Å². The van der Waals surface area contributed by atoms with Gasteiger partial charge in [0.2, 0.25) is 0 Å². The zero-order valence-electron chi connectivity index (χ0n) is 12.0. The van der Waals surface area contributed by atoms with Crippen molar-refractivity contribution in [2.45, 2.75) is 18.6 Å². The largest absolute Gasteiger partial charge is 0.496 e. The molecule has 0 bridgehead atoms. The Hall–Kier alpha value is -2.04. The zero-order chi connectivity index (χ0) is 15.7. The summed E-state index contributed by atoms with van der Waals surface area (Å²) in [6.07, 6.45) is -0.115. The number of halogens is 1. The van der Waals surface area contributed by atoms with E-state index in [4.69, 9.17) is 16.3 Å². The topological polar surface area (TPSA) is 58.6 Å². The summed E-state index contributed by atoms with van der Waals surface area (Å²) in [4.78, 5) is 12.6. The van der Waals surface area contributed by atoms with Gasteiger partial charge in [0.1, 0.15) is 5.75 Å². The van der Waals surface area contributed by atoms with Crippen LogP contribution in [-0.4, -0.2) is 24.2 Å². The van der Waals surface area contributed by atoms with Crippen LogP contribution in [-0.2, 0) is 6.42 Å². The molecule has 0 radical (unpaired) electrons. The minimum atomic E-state index is -0.644. The maximum absolute atomic E-state index is 12.6. The van der Waals surface area contributed by atoms with Crippen LogP contribution >= 0.6 is 11.6 Å². The smallest absolute Gasteiger partial charge is 0.257 e. The van der Waals surface area contributed by atoms with Crippen LogP contribution in [0, 0.1) is 0 Å². The van der Waals surface area contributed by atoms with Crippen LogP contribution in [0.1, 0.15) is 27.5 Å². The highest BCUT2D eigenvalue weighted by Crippen LogP contribution is 2.33. The lowest BCUT2D eigenvalue weighted by Gasteiger charge is -2.19. The molecule has 22 heavy (non-hydrogen) atoms. The minimum Gasteiger partial charge on any atom is -0.496 e. The van der Waals surface area contributed by atoms with Crippen molar-refractivity contribution < 1.29 is 14.6 Å². The highest BCUT2D eigenvalue weighted by Gasteiger charge is 2.32. The van der Waals surface area contributed by atoms with Crippen molar-refractivity contribution in [2.75, 3.05) is 7.11 Å². The number of nitrogens with one attached hydrogen (secondary N) is 1. The predicted octanol–water partition coefficient (Wildman–Crippen LogP) is 2.74. The first-order chi connectivity index (χ1) is 10.6. The van der Waals surface area contributed by atoms with Crippen LogP contribution in [0.15, 0.2) is 42.5 Å². The van der Waals surface area contributed by atoms with Gasteiger partial charge in [-0.25, -0.2) is 0 Å². The number of carbonyl (C=O) groups excluding carboxylic acids is 1. The van der Waals surface area contributed by atoms with Crippen molar-refractivity contribution in [3.63, 3.8) is 0 Å². The van der Waals surface area contributed by atoms with Crippen LogP contribution in [0.25, 0.3) is 0 Å². The number of aliphatic hydroxyl groups is 1. The molecule has 0 aromatic heterocycles. The van der Waals surface area contributed by atoms with E-state index in [0.717, 1.165) is 11.1 Å². The van der Waals surface area contributed by atoms with Crippen molar-refractivity contribution in [2.24, 2.45) is 0 Å². The minimum absolute atomic E-state index is 0.281. The number of hydrogen-bond acceptors (Lipinski definition) is 3. The first kappa shape index (κ1) is 14.9. The Balaban J connectivity index is 1.90. The van der Waals surface area contributed by atoms with Gasteiger partial charge in [-0.05, 0) is 23.3 Å². The summed E-state index contributed by atoms with van der Waals surface area (Å²) in [5.41, 5.74) is 2.27. The van der Waals surface area contributed by atoms with E-state index in [1.807, 2.05) is 24.3 Å². The molecule has 0 saturated carbocycles. The van der Waals surface area contributed by atoms with E-state index in [1.165, 1.54) is 7.11 Å². The molecule has 0 heterocycles. The Morgan fingerprint density at radius 1 is 1.27 bits per heavy atom. The van der Waals surface area contributed by atoms with Crippen LogP contribution < -0.4 is 10.1 Å².